The van der Waals surface area contributed by atoms with Crippen LogP contribution < -0.4 is 10.6 Å². The van der Waals surface area contributed by atoms with Gasteiger partial charge in [0.05, 0.1) is 11.4 Å². The fourth-order valence-corrected chi connectivity index (χ4v) is 1.75. The summed E-state index contributed by atoms with van der Waals surface area (Å²) in [6.07, 6.45) is 2.99. The molecule has 20 heavy (non-hydrogen) atoms. The van der Waals surface area contributed by atoms with Crippen molar-refractivity contribution in [2.24, 2.45) is 0 Å². The van der Waals surface area contributed by atoms with E-state index in [4.69, 9.17) is 0 Å². The van der Waals surface area contributed by atoms with Gasteiger partial charge in [-0.2, -0.15) is 0 Å². The highest BCUT2D eigenvalue weighted by Crippen LogP contribution is 2.09. The zero-order chi connectivity index (χ0) is 15.6. The molecule has 0 unspecified atom stereocenters. The van der Waals surface area contributed by atoms with Gasteiger partial charge >= 0.3 is 0 Å². The van der Waals surface area contributed by atoms with Crippen molar-refractivity contribution in [1.29, 1.82) is 0 Å². The summed E-state index contributed by atoms with van der Waals surface area (Å²) in [6, 6.07) is 6.18. The number of pyridine rings is 1. The molecule has 0 saturated heterocycles. The Balaban J connectivity index is 0.00000172. The maximum absolute atomic E-state index is 4.66. The molecular formula is C17H31N3. The highest BCUT2D eigenvalue weighted by atomic mass is 14.9. The molecule has 0 aliphatic rings. The van der Waals surface area contributed by atoms with Gasteiger partial charge in [0.1, 0.15) is 0 Å². The van der Waals surface area contributed by atoms with E-state index in [1.165, 1.54) is 0 Å². The summed E-state index contributed by atoms with van der Waals surface area (Å²) in [5.74, 6) is 0. The van der Waals surface area contributed by atoms with Crippen LogP contribution in [0.1, 0.15) is 52.9 Å². The van der Waals surface area contributed by atoms with Gasteiger partial charge in [0.2, 0.25) is 0 Å². The Morgan fingerprint density at radius 2 is 1.90 bits per heavy atom. The van der Waals surface area contributed by atoms with Crippen LogP contribution in [0.2, 0.25) is 0 Å². The maximum Gasteiger partial charge on any atom is 0.0860 e. The lowest BCUT2D eigenvalue weighted by molar-refractivity contribution is 0.428. The second-order valence-electron chi connectivity index (χ2n) is 5.39. The van der Waals surface area contributed by atoms with Crippen molar-refractivity contribution in [3.05, 3.63) is 35.7 Å². The molecule has 0 saturated carbocycles. The lowest BCUT2D eigenvalue weighted by atomic mass is 10.1. The first-order valence-electron chi connectivity index (χ1n) is 7.51. The zero-order valence-corrected chi connectivity index (χ0v) is 14.2. The van der Waals surface area contributed by atoms with Crippen molar-refractivity contribution < 1.29 is 0 Å². The van der Waals surface area contributed by atoms with Gasteiger partial charge in [-0.05, 0) is 39.8 Å². The minimum absolute atomic E-state index is 0.164. The predicted molar refractivity (Wildman–Crippen MR) is 89.8 cm³/mol. The quantitative estimate of drug-likeness (QED) is 0.863. The van der Waals surface area contributed by atoms with Crippen LogP contribution in [0.5, 0.6) is 0 Å². The topological polar surface area (TPSA) is 37.0 Å². The van der Waals surface area contributed by atoms with E-state index in [2.05, 4.69) is 48.5 Å². The number of allylic oxidation sites excluding steroid dienone is 1. The van der Waals surface area contributed by atoms with Crippen LogP contribution in [0.15, 0.2) is 24.3 Å². The molecule has 0 amide bonds. The van der Waals surface area contributed by atoms with Gasteiger partial charge < -0.3 is 10.6 Å². The van der Waals surface area contributed by atoms with E-state index in [0.717, 1.165) is 30.1 Å². The molecule has 0 radical (unpaired) electrons. The number of aromatic nitrogens is 1. The van der Waals surface area contributed by atoms with Gasteiger partial charge in [0, 0.05) is 31.2 Å². The Morgan fingerprint density at radius 1 is 1.25 bits per heavy atom. The average molecular weight is 277 g/mol. The Labute approximate surface area is 124 Å². The number of hydrogen-bond acceptors (Lipinski definition) is 3. The Morgan fingerprint density at radius 3 is 2.40 bits per heavy atom. The number of nitrogens with zero attached hydrogens (tertiary/aromatic N) is 1. The standard InChI is InChI=1S/C15H25N3.C2H6/c1-6-13(16-5)14-9-7-8-12(18-14)10-11-17-15(2,3)4;1-2/h6-9,16-17H,10-11H2,1-5H3;1-2H3/b13-6-;. The Hall–Kier alpha value is -1.35. The highest BCUT2D eigenvalue weighted by molar-refractivity contribution is 5.60. The van der Waals surface area contributed by atoms with Crippen LogP contribution in [0, 0.1) is 0 Å². The number of nitrogens with one attached hydrogen (secondary N) is 2. The fourth-order valence-electron chi connectivity index (χ4n) is 1.75. The van der Waals surface area contributed by atoms with Gasteiger partial charge in [-0.1, -0.05) is 26.0 Å². The lowest BCUT2D eigenvalue weighted by Crippen LogP contribution is -2.37. The molecule has 0 bridgehead atoms. The Bertz CT molecular complexity index is 403. The van der Waals surface area contributed by atoms with Crippen molar-refractivity contribution in [3.63, 3.8) is 0 Å². The van der Waals surface area contributed by atoms with E-state index in [1.54, 1.807) is 0 Å². The summed E-state index contributed by atoms with van der Waals surface area (Å²) in [7, 11) is 1.92. The average Bonchev–Trinajstić information content (AvgIpc) is 2.41. The van der Waals surface area contributed by atoms with Crippen LogP contribution in [0.4, 0.5) is 0 Å². The normalized spacial score (nSPS) is 11.7. The zero-order valence-electron chi connectivity index (χ0n) is 14.2. The SMILES string of the molecule is C/C=C(\NC)c1cccc(CCNC(C)(C)C)n1.CC. The molecule has 0 aliphatic heterocycles. The minimum atomic E-state index is 0.164. The van der Waals surface area contributed by atoms with Crippen LogP contribution in [0.3, 0.4) is 0 Å². The van der Waals surface area contributed by atoms with Gasteiger partial charge in [-0.15, -0.1) is 0 Å². The maximum atomic E-state index is 4.66. The van der Waals surface area contributed by atoms with Crippen molar-refractivity contribution >= 4 is 5.70 Å². The second kappa shape index (κ2) is 9.54. The van der Waals surface area contributed by atoms with Crippen molar-refractivity contribution in [2.75, 3.05) is 13.6 Å². The van der Waals surface area contributed by atoms with Crippen LogP contribution in [0.25, 0.3) is 5.70 Å². The summed E-state index contributed by atoms with van der Waals surface area (Å²) < 4.78 is 0. The monoisotopic (exact) mass is 277 g/mol. The molecule has 0 aromatic carbocycles. The lowest BCUT2D eigenvalue weighted by Gasteiger charge is -2.20. The van der Waals surface area contributed by atoms with Gasteiger partial charge in [0.25, 0.3) is 0 Å². The molecule has 3 heteroatoms. The molecule has 1 heterocycles. The highest BCUT2D eigenvalue weighted by Gasteiger charge is 2.08. The molecule has 114 valence electrons. The van der Waals surface area contributed by atoms with Crippen molar-refractivity contribution in [1.82, 2.24) is 15.6 Å². The molecule has 1 aromatic rings. The van der Waals surface area contributed by atoms with Crippen LogP contribution in [-0.4, -0.2) is 24.1 Å². The smallest absolute Gasteiger partial charge is 0.0860 e. The van der Waals surface area contributed by atoms with Crippen LogP contribution in [-0.2, 0) is 6.42 Å². The minimum Gasteiger partial charge on any atom is -0.387 e. The fraction of sp³-hybridized carbons (Fsp3) is 0.588. The first kappa shape index (κ1) is 18.7. The summed E-state index contributed by atoms with van der Waals surface area (Å²) in [4.78, 5) is 4.66. The van der Waals surface area contributed by atoms with E-state index in [-0.39, 0.29) is 5.54 Å². The first-order valence-corrected chi connectivity index (χ1v) is 7.51. The second-order valence-corrected chi connectivity index (χ2v) is 5.39. The number of hydrogen-bond donors (Lipinski definition) is 2. The summed E-state index contributed by atoms with van der Waals surface area (Å²) in [6.45, 7) is 13.5. The molecule has 0 aliphatic carbocycles. The van der Waals surface area contributed by atoms with Gasteiger partial charge in [0.15, 0.2) is 0 Å². The predicted octanol–water partition coefficient (Wildman–Crippen LogP) is 3.62. The largest absolute Gasteiger partial charge is 0.387 e. The molecule has 0 atom stereocenters. The summed E-state index contributed by atoms with van der Waals surface area (Å²) in [5.41, 5.74) is 3.37. The van der Waals surface area contributed by atoms with Gasteiger partial charge in [-0.3, -0.25) is 4.98 Å². The van der Waals surface area contributed by atoms with Crippen molar-refractivity contribution in [2.45, 2.75) is 53.5 Å². The molecule has 3 nitrogen and oxygen atoms in total. The Kier molecular flexibility index (Phi) is 8.89. The first-order chi connectivity index (χ1) is 9.46. The summed E-state index contributed by atoms with van der Waals surface area (Å²) >= 11 is 0. The molecule has 0 spiro atoms. The summed E-state index contributed by atoms with van der Waals surface area (Å²) in [5, 5.41) is 6.64. The molecular weight excluding hydrogens is 246 g/mol. The van der Waals surface area contributed by atoms with E-state index >= 15 is 0 Å². The van der Waals surface area contributed by atoms with E-state index in [0.29, 0.717) is 0 Å². The van der Waals surface area contributed by atoms with Crippen molar-refractivity contribution in [3.8, 4) is 0 Å². The van der Waals surface area contributed by atoms with E-state index < -0.39 is 0 Å². The van der Waals surface area contributed by atoms with Crippen LogP contribution >= 0.6 is 0 Å². The van der Waals surface area contributed by atoms with Gasteiger partial charge in [-0.25, -0.2) is 0 Å². The molecule has 1 aromatic heterocycles. The van der Waals surface area contributed by atoms with E-state index in [1.807, 2.05) is 40.0 Å². The number of rotatable bonds is 5. The third-order valence-electron chi connectivity index (χ3n) is 2.68. The van der Waals surface area contributed by atoms with E-state index in [9.17, 15) is 0 Å². The third kappa shape index (κ3) is 7.29. The molecule has 2 N–H and O–H groups in total. The third-order valence-corrected chi connectivity index (χ3v) is 2.68. The molecule has 1 rings (SSSR count). The molecule has 0 fully saturated rings.